The molecule has 0 aliphatic rings. The van der Waals surface area contributed by atoms with Crippen molar-refractivity contribution in [2.45, 2.75) is 0 Å². The third-order valence-corrected chi connectivity index (χ3v) is 1.89. The zero-order chi connectivity index (χ0) is 9.42. The van der Waals surface area contributed by atoms with E-state index in [-0.39, 0.29) is 0 Å². The minimum atomic E-state index is 0.456. The normalized spacial score (nSPS) is 10.5. The van der Waals surface area contributed by atoms with Crippen LogP contribution in [0.1, 0.15) is 0 Å². The Balaban J connectivity index is 2.92. The molecule has 0 aliphatic carbocycles. The molecule has 0 amide bonds. The van der Waals surface area contributed by atoms with E-state index in [4.69, 9.17) is 11.5 Å². The van der Waals surface area contributed by atoms with Gasteiger partial charge in [-0.1, -0.05) is 4.85 Å². The highest BCUT2D eigenvalue weighted by Crippen LogP contribution is 2.23. The van der Waals surface area contributed by atoms with E-state index in [1.807, 2.05) is 0 Å². The van der Waals surface area contributed by atoms with Crippen molar-refractivity contribution in [3.8, 4) is 0 Å². The zero-order valence-corrected chi connectivity index (χ0v) is 6.77. The van der Waals surface area contributed by atoms with Gasteiger partial charge < -0.3 is 16.7 Å². The summed E-state index contributed by atoms with van der Waals surface area (Å²) in [6, 6.07) is 3.35. The van der Waals surface area contributed by atoms with Crippen molar-refractivity contribution in [2.75, 3.05) is 11.5 Å². The second-order valence-corrected chi connectivity index (χ2v) is 2.75. The van der Waals surface area contributed by atoms with Crippen LogP contribution < -0.4 is 16.3 Å². The molecule has 13 heavy (non-hydrogen) atoms. The summed E-state index contributed by atoms with van der Waals surface area (Å²) in [7, 11) is 0. The van der Waals surface area contributed by atoms with Gasteiger partial charge in [0.15, 0.2) is 0 Å². The third-order valence-electron chi connectivity index (χ3n) is 1.89. The number of nitrogen functional groups attached to an aromatic ring is 2. The van der Waals surface area contributed by atoms with Crippen LogP contribution in [-0.4, -0.2) is 5.10 Å². The molecule has 2 aromatic rings. The van der Waals surface area contributed by atoms with Crippen LogP contribution in [0.4, 0.5) is 11.4 Å². The fraction of sp³-hybridized carbons (Fsp3) is 0. The van der Waals surface area contributed by atoms with Crippen LogP contribution in [-0.2, 0) is 0 Å². The van der Waals surface area contributed by atoms with E-state index in [9.17, 15) is 5.21 Å². The van der Waals surface area contributed by atoms with Gasteiger partial charge in [0.05, 0.1) is 5.39 Å². The Kier molecular flexibility index (Phi) is 1.45. The summed E-state index contributed by atoms with van der Waals surface area (Å²) in [6.45, 7) is 0. The maximum Gasteiger partial charge on any atom is 0.219 e. The Morgan fingerprint density at radius 3 is 2.46 bits per heavy atom. The minimum Gasteiger partial charge on any atom is -0.594 e. The zero-order valence-electron chi connectivity index (χ0n) is 6.77. The molecular formula is C8H8N4O. The van der Waals surface area contributed by atoms with Gasteiger partial charge in [-0.2, -0.15) is 0 Å². The molecule has 5 heteroatoms. The fourth-order valence-corrected chi connectivity index (χ4v) is 1.22. The Morgan fingerprint density at radius 1 is 1.15 bits per heavy atom. The van der Waals surface area contributed by atoms with E-state index in [0.29, 0.717) is 27.0 Å². The summed E-state index contributed by atoms with van der Waals surface area (Å²) >= 11 is 0. The van der Waals surface area contributed by atoms with Crippen LogP contribution in [0.15, 0.2) is 24.5 Å². The standard InChI is InChI=1S/C8H8N4O/c9-7-1-2-8(10)6-4-12(13)11-3-5(6)7/h1-4H,9-10H2. The molecule has 66 valence electrons. The van der Waals surface area contributed by atoms with Crippen LogP contribution in [0, 0.1) is 5.21 Å². The number of nitrogens with two attached hydrogens (primary N) is 2. The molecule has 0 saturated heterocycles. The van der Waals surface area contributed by atoms with E-state index in [1.165, 1.54) is 12.4 Å². The van der Waals surface area contributed by atoms with Gasteiger partial charge in [-0.05, 0) is 12.1 Å². The van der Waals surface area contributed by atoms with Gasteiger partial charge in [0.1, 0.15) is 6.20 Å². The largest absolute Gasteiger partial charge is 0.594 e. The molecule has 1 aromatic carbocycles. The van der Waals surface area contributed by atoms with Gasteiger partial charge in [-0.3, -0.25) is 0 Å². The first-order valence-corrected chi connectivity index (χ1v) is 3.71. The van der Waals surface area contributed by atoms with Crippen molar-refractivity contribution in [1.29, 1.82) is 0 Å². The number of hydrogen-bond donors (Lipinski definition) is 2. The number of fused-ring (bicyclic) bond motifs is 1. The van der Waals surface area contributed by atoms with Crippen molar-refractivity contribution in [1.82, 2.24) is 5.10 Å². The molecule has 0 spiro atoms. The third kappa shape index (κ3) is 1.10. The maximum absolute atomic E-state index is 10.9. The van der Waals surface area contributed by atoms with E-state index in [1.54, 1.807) is 12.1 Å². The Morgan fingerprint density at radius 2 is 1.77 bits per heavy atom. The van der Waals surface area contributed by atoms with Crippen LogP contribution in [0.5, 0.6) is 0 Å². The average molecular weight is 176 g/mol. The van der Waals surface area contributed by atoms with Crippen molar-refractivity contribution in [3.05, 3.63) is 29.7 Å². The number of nitrogens with zero attached hydrogens (tertiary/aromatic N) is 2. The molecule has 0 atom stereocenters. The van der Waals surface area contributed by atoms with Gasteiger partial charge in [-0.25, -0.2) is 0 Å². The van der Waals surface area contributed by atoms with Gasteiger partial charge >= 0.3 is 0 Å². The maximum atomic E-state index is 10.9. The van der Waals surface area contributed by atoms with E-state index in [2.05, 4.69) is 5.10 Å². The van der Waals surface area contributed by atoms with Crippen LogP contribution in [0.2, 0.25) is 0 Å². The summed E-state index contributed by atoms with van der Waals surface area (Å²) in [6.07, 6.45) is 2.72. The first kappa shape index (κ1) is 7.60. The topological polar surface area (TPSA) is 91.9 Å². The van der Waals surface area contributed by atoms with Crippen molar-refractivity contribution >= 4 is 22.1 Å². The predicted molar refractivity (Wildman–Crippen MR) is 49.5 cm³/mol. The number of hydrogen-bond acceptors (Lipinski definition) is 4. The Bertz CT molecular complexity index is 469. The van der Waals surface area contributed by atoms with Crippen molar-refractivity contribution < 1.29 is 4.85 Å². The molecule has 0 saturated carbocycles. The summed E-state index contributed by atoms with van der Waals surface area (Å²) in [4.78, 5) is 0.456. The lowest BCUT2D eigenvalue weighted by molar-refractivity contribution is -0.667. The molecular weight excluding hydrogens is 168 g/mol. The second kappa shape index (κ2) is 2.48. The van der Waals surface area contributed by atoms with Crippen molar-refractivity contribution in [2.24, 2.45) is 0 Å². The molecule has 2 rings (SSSR count). The Hall–Kier alpha value is -2.04. The van der Waals surface area contributed by atoms with Gasteiger partial charge in [0.2, 0.25) is 6.20 Å². The van der Waals surface area contributed by atoms with Gasteiger partial charge in [-0.15, -0.1) is 0 Å². The Labute approximate surface area is 74.2 Å². The van der Waals surface area contributed by atoms with E-state index < -0.39 is 0 Å². The average Bonchev–Trinajstić information content (AvgIpc) is 2.12. The SMILES string of the molecule is Nc1ccc(N)c2c[n+]([O-])ncc12. The summed E-state index contributed by atoms with van der Waals surface area (Å²) in [5.74, 6) is 0. The predicted octanol–water partition coefficient (Wildman–Crippen LogP) is 0.0326. The second-order valence-electron chi connectivity index (χ2n) is 2.75. The first-order chi connectivity index (χ1) is 6.18. The number of aromatic nitrogens is 2. The monoisotopic (exact) mass is 176 g/mol. The molecule has 0 aliphatic heterocycles. The summed E-state index contributed by atoms with van der Waals surface area (Å²) in [5.41, 5.74) is 12.4. The number of rotatable bonds is 0. The molecule has 0 fully saturated rings. The molecule has 0 radical (unpaired) electrons. The molecule has 0 bridgehead atoms. The van der Waals surface area contributed by atoms with Crippen LogP contribution >= 0.6 is 0 Å². The highest BCUT2D eigenvalue weighted by molar-refractivity contribution is 5.98. The van der Waals surface area contributed by atoms with Crippen LogP contribution in [0.25, 0.3) is 10.8 Å². The fourth-order valence-electron chi connectivity index (χ4n) is 1.22. The smallest absolute Gasteiger partial charge is 0.219 e. The van der Waals surface area contributed by atoms with Gasteiger partial charge in [0, 0.05) is 21.9 Å². The van der Waals surface area contributed by atoms with Gasteiger partial charge in [0.25, 0.3) is 0 Å². The first-order valence-electron chi connectivity index (χ1n) is 3.71. The lowest BCUT2D eigenvalue weighted by Crippen LogP contribution is -2.29. The molecule has 1 aromatic heterocycles. The van der Waals surface area contributed by atoms with Crippen molar-refractivity contribution in [3.63, 3.8) is 0 Å². The highest BCUT2D eigenvalue weighted by atomic mass is 16.5. The molecule has 1 heterocycles. The summed E-state index contributed by atoms with van der Waals surface area (Å²) < 4.78 is 0. The lowest BCUT2D eigenvalue weighted by atomic mass is 10.1. The number of benzene rings is 1. The number of anilines is 2. The quantitative estimate of drug-likeness (QED) is 0.336. The van der Waals surface area contributed by atoms with E-state index in [0.717, 1.165) is 0 Å². The minimum absolute atomic E-state index is 0.456. The van der Waals surface area contributed by atoms with E-state index >= 15 is 0 Å². The molecule has 4 N–H and O–H groups in total. The molecule has 5 nitrogen and oxygen atoms in total. The lowest BCUT2D eigenvalue weighted by Gasteiger charge is -2.02. The highest BCUT2D eigenvalue weighted by Gasteiger charge is 2.05. The molecule has 0 unspecified atom stereocenters. The van der Waals surface area contributed by atoms with Crippen LogP contribution in [0.3, 0.4) is 0 Å². The summed E-state index contributed by atoms with van der Waals surface area (Å²) in [5, 5.41) is 15.7.